The number of anilines is 1. The van der Waals surface area contributed by atoms with E-state index < -0.39 is 0 Å². The van der Waals surface area contributed by atoms with Gasteiger partial charge in [-0.05, 0) is 43.5 Å². The first-order chi connectivity index (χ1) is 15.5. The molecule has 4 rings (SSSR count). The molecule has 1 aliphatic carbocycles. The third-order valence-corrected chi connectivity index (χ3v) is 7.64. The number of nitrogens with zero attached hydrogens (tertiary/aromatic N) is 4. The minimum absolute atomic E-state index is 0.810. The van der Waals surface area contributed by atoms with Crippen LogP contribution in [0, 0.1) is 13.8 Å². The van der Waals surface area contributed by atoms with Crippen molar-refractivity contribution in [3.8, 4) is 10.6 Å². The van der Waals surface area contributed by atoms with Crippen LogP contribution in [0.15, 0.2) is 24.3 Å². The molecule has 5 nitrogen and oxygen atoms in total. The third-order valence-electron chi connectivity index (χ3n) is 6.58. The third kappa shape index (κ3) is 4.98. The summed E-state index contributed by atoms with van der Waals surface area (Å²) in [6, 6.07) is 9.29. The Bertz CT molecular complexity index is 1110. The lowest BCUT2D eigenvalue weighted by Gasteiger charge is -2.24. The summed E-state index contributed by atoms with van der Waals surface area (Å²) in [7, 11) is 3.98. The molecular weight excluding hydrogens is 416 g/mol. The summed E-state index contributed by atoms with van der Waals surface area (Å²) in [4.78, 5) is 11.3. The first-order valence-corrected chi connectivity index (χ1v) is 12.7. The van der Waals surface area contributed by atoms with E-state index in [9.17, 15) is 0 Å². The highest BCUT2D eigenvalue weighted by atomic mass is 32.1. The molecule has 0 N–H and O–H groups in total. The van der Waals surface area contributed by atoms with Crippen molar-refractivity contribution < 1.29 is 4.74 Å². The van der Waals surface area contributed by atoms with Crippen LogP contribution in [-0.4, -0.2) is 69.9 Å². The Morgan fingerprint density at radius 2 is 1.91 bits per heavy atom. The molecule has 0 saturated carbocycles. The number of piperazine rings is 1. The van der Waals surface area contributed by atoms with Crippen molar-refractivity contribution in [2.45, 2.75) is 33.6 Å². The molecule has 0 aromatic heterocycles. The van der Waals surface area contributed by atoms with Gasteiger partial charge in [0.15, 0.2) is 13.1 Å². The molecular formula is C26H37N4OS+. The Morgan fingerprint density at radius 3 is 2.62 bits per heavy atom. The van der Waals surface area contributed by atoms with Gasteiger partial charge in [-0.25, -0.2) is 9.56 Å². The van der Waals surface area contributed by atoms with E-state index in [1.54, 1.807) is 7.11 Å². The quantitative estimate of drug-likeness (QED) is 0.400. The fourth-order valence-electron chi connectivity index (χ4n) is 4.51. The minimum atomic E-state index is 0.810. The highest BCUT2D eigenvalue weighted by molar-refractivity contribution is 7.21. The van der Waals surface area contributed by atoms with Crippen molar-refractivity contribution in [3.05, 3.63) is 40.7 Å². The second-order valence-electron chi connectivity index (χ2n) is 9.03. The molecule has 1 aromatic carbocycles. The number of hydrogen-bond donors (Lipinski definition) is 0. The Labute approximate surface area is 196 Å². The molecule has 0 radical (unpaired) electrons. The summed E-state index contributed by atoms with van der Waals surface area (Å²) in [5, 5.41) is 1.33. The van der Waals surface area contributed by atoms with Crippen LogP contribution in [0.1, 0.15) is 30.9 Å². The first kappa shape index (κ1) is 23.1. The van der Waals surface area contributed by atoms with Gasteiger partial charge in [0.05, 0.1) is 40.5 Å². The molecule has 6 heteroatoms. The normalized spacial score (nSPS) is 15.1. The van der Waals surface area contributed by atoms with Gasteiger partial charge < -0.3 is 9.64 Å². The topological polar surface area (TPSA) is 31.6 Å². The molecule has 1 aromatic rings. The van der Waals surface area contributed by atoms with E-state index in [1.807, 2.05) is 11.3 Å². The van der Waals surface area contributed by atoms with E-state index in [4.69, 9.17) is 9.72 Å². The molecule has 32 heavy (non-hydrogen) atoms. The SMILES string of the molecule is CCCCN(C)c1cc(C)c2nc3c(C)cc(=[N+]4CCN(CCOC)CC4)cc-3sc2c1. The van der Waals surface area contributed by atoms with Crippen LogP contribution in [-0.2, 0) is 4.74 Å². The molecule has 0 unspecified atom stereocenters. The van der Waals surface area contributed by atoms with Crippen molar-refractivity contribution in [2.24, 2.45) is 0 Å². The Morgan fingerprint density at radius 1 is 1.12 bits per heavy atom. The summed E-state index contributed by atoms with van der Waals surface area (Å²) in [6.45, 7) is 13.9. The van der Waals surface area contributed by atoms with Gasteiger partial charge in [0.1, 0.15) is 0 Å². The lowest BCUT2D eigenvalue weighted by Crippen LogP contribution is -2.48. The number of rotatable bonds is 7. The van der Waals surface area contributed by atoms with Gasteiger partial charge in [0.25, 0.3) is 0 Å². The van der Waals surface area contributed by atoms with E-state index in [-0.39, 0.29) is 0 Å². The standard InChI is InChI=1S/C26H37N4OS/c1-6-7-8-28(4)21-15-19(2)25-23(17-21)32-24-18-22(16-20(3)26(24)27-25)30-11-9-29(10-12-30)13-14-31-5/h15-18H,6-14H2,1-5H3/q+1. The van der Waals surface area contributed by atoms with Crippen molar-refractivity contribution in [1.29, 1.82) is 0 Å². The van der Waals surface area contributed by atoms with E-state index in [0.29, 0.717) is 0 Å². The first-order valence-electron chi connectivity index (χ1n) is 11.9. The zero-order valence-electron chi connectivity index (χ0n) is 20.3. The number of aryl methyl sites for hydroxylation is 2. The fourth-order valence-corrected chi connectivity index (χ4v) is 5.71. The molecule has 2 aliphatic heterocycles. The average Bonchev–Trinajstić information content (AvgIpc) is 2.80. The van der Waals surface area contributed by atoms with Crippen molar-refractivity contribution in [2.75, 3.05) is 64.9 Å². The Balaban J connectivity index is 1.71. The zero-order chi connectivity index (χ0) is 22.7. The number of hydrogen-bond acceptors (Lipinski definition) is 5. The van der Waals surface area contributed by atoms with E-state index >= 15 is 0 Å². The van der Waals surface area contributed by atoms with Crippen LogP contribution >= 0.6 is 11.3 Å². The van der Waals surface area contributed by atoms with Crippen molar-refractivity contribution in [1.82, 2.24) is 14.5 Å². The second-order valence-corrected chi connectivity index (χ2v) is 10.1. The summed E-state index contributed by atoms with van der Waals surface area (Å²) >= 11 is 1.88. The Kier molecular flexibility index (Phi) is 7.44. The van der Waals surface area contributed by atoms with E-state index in [2.05, 4.69) is 66.5 Å². The number of aromatic nitrogens is 1. The maximum absolute atomic E-state index is 5.24. The maximum atomic E-state index is 5.24. The van der Waals surface area contributed by atoms with Crippen LogP contribution in [0.4, 0.5) is 5.69 Å². The molecule has 1 saturated heterocycles. The van der Waals surface area contributed by atoms with Crippen LogP contribution < -0.4 is 14.8 Å². The van der Waals surface area contributed by atoms with Crippen molar-refractivity contribution in [3.63, 3.8) is 0 Å². The lowest BCUT2D eigenvalue weighted by atomic mass is 10.1. The second kappa shape index (κ2) is 10.3. The fraction of sp³-hybridized carbons (Fsp3) is 0.538. The van der Waals surface area contributed by atoms with E-state index in [0.717, 1.165) is 57.1 Å². The van der Waals surface area contributed by atoms with Gasteiger partial charge in [-0.1, -0.05) is 13.3 Å². The molecule has 0 spiro atoms. The summed E-state index contributed by atoms with van der Waals surface area (Å²) in [5.74, 6) is 0. The van der Waals surface area contributed by atoms with Gasteiger partial charge in [0, 0.05) is 45.1 Å². The molecule has 0 amide bonds. The van der Waals surface area contributed by atoms with Crippen LogP contribution in [0.2, 0.25) is 0 Å². The number of ether oxygens (including phenoxy) is 1. The average molecular weight is 454 g/mol. The predicted molar refractivity (Wildman–Crippen MR) is 137 cm³/mol. The molecule has 1 fully saturated rings. The number of methoxy groups -OCH3 is 1. The molecule has 0 atom stereocenters. The van der Waals surface area contributed by atoms with Gasteiger partial charge in [-0.3, -0.25) is 4.90 Å². The monoisotopic (exact) mass is 453 g/mol. The minimum Gasteiger partial charge on any atom is -0.383 e. The van der Waals surface area contributed by atoms with Gasteiger partial charge in [-0.2, -0.15) is 0 Å². The predicted octanol–water partition coefficient (Wildman–Crippen LogP) is 3.99. The van der Waals surface area contributed by atoms with Crippen LogP contribution in [0.25, 0.3) is 20.8 Å². The van der Waals surface area contributed by atoms with Gasteiger partial charge in [-0.15, -0.1) is 11.3 Å². The lowest BCUT2D eigenvalue weighted by molar-refractivity contribution is 0.134. The van der Waals surface area contributed by atoms with Crippen molar-refractivity contribution >= 4 is 27.2 Å². The Hall–Kier alpha value is -2.02. The molecule has 172 valence electrons. The zero-order valence-corrected chi connectivity index (χ0v) is 21.1. The van der Waals surface area contributed by atoms with E-state index in [1.165, 1.54) is 44.6 Å². The molecule has 0 bridgehead atoms. The highest BCUT2D eigenvalue weighted by Crippen LogP contribution is 2.35. The van der Waals surface area contributed by atoms with Crippen LogP contribution in [0.3, 0.4) is 0 Å². The smallest absolute Gasteiger partial charge is 0.201 e. The molecule has 3 aliphatic rings. The summed E-state index contributed by atoms with van der Waals surface area (Å²) < 4.78 is 9.04. The number of fused-ring (bicyclic) bond motifs is 2. The summed E-state index contributed by atoms with van der Waals surface area (Å²) in [5.41, 5.74) is 6.09. The largest absolute Gasteiger partial charge is 0.383 e. The molecule has 2 heterocycles. The van der Waals surface area contributed by atoms with Gasteiger partial charge >= 0.3 is 0 Å². The van der Waals surface area contributed by atoms with Gasteiger partial charge in [0.2, 0.25) is 5.36 Å². The number of benzene rings is 2. The summed E-state index contributed by atoms with van der Waals surface area (Å²) in [6.07, 6.45) is 2.43. The van der Waals surface area contributed by atoms with Crippen LogP contribution in [0.5, 0.6) is 0 Å². The maximum Gasteiger partial charge on any atom is 0.201 e. The number of unbranched alkanes of at least 4 members (excludes halogenated alkanes) is 1. The highest BCUT2D eigenvalue weighted by Gasteiger charge is 2.21.